The van der Waals surface area contributed by atoms with Gasteiger partial charge in [-0.1, -0.05) is 19.4 Å². The highest BCUT2D eigenvalue weighted by molar-refractivity contribution is 6.08. The number of hydrogen-bond acceptors (Lipinski definition) is 11. The highest BCUT2D eigenvalue weighted by atomic mass is 16.5. The molecule has 1 amide bonds. The molecule has 0 spiro atoms. The predicted octanol–water partition coefficient (Wildman–Crippen LogP) is 2.64. The normalized spacial score (nSPS) is 14.0. The fourth-order valence-electron chi connectivity index (χ4n) is 4.96. The zero-order valence-electron chi connectivity index (χ0n) is 24.5. The van der Waals surface area contributed by atoms with Crippen molar-refractivity contribution in [3.8, 4) is 11.3 Å². The van der Waals surface area contributed by atoms with Gasteiger partial charge in [-0.3, -0.25) is 14.4 Å². The SMILES string of the molecule is CCCCN(CCO)c1nc2nc(N3CCN(CCOC)CC3)c(C(=O)Nc3cccc(-c4cnn(C)c4)n3)cc2o1. The number of pyridine rings is 2. The van der Waals surface area contributed by atoms with Crippen LogP contribution >= 0.6 is 0 Å². The number of anilines is 3. The van der Waals surface area contributed by atoms with Crippen LogP contribution < -0.4 is 15.1 Å². The fourth-order valence-corrected chi connectivity index (χ4v) is 4.96. The van der Waals surface area contributed by atoms with Gasteiger partial charge in [-0.15, -0.1) is 0 Å². The monoisotopic (exact) mass is 577 g/mol. The second-order valence-corrected chi connectivity index (χ2v) is 10.3. The number of aromatic nitrogens is 5. The van der Waals surface area contributed by atoms with E-state index >= 15 is 0 Å². The maximum atomic E-state index is 13.8. The van der Waals surface area contributed by atoms with Gasteiger partial charge in [-0.05, 0) is 18.6 Å². The van der Waals surface area contributed by atoms with Crippen molar-refractivity contribution in [1.29, 1.82) is 0 Å². The lowest BCUT2D eigenvalue weighted by Gasteiger charge is -2.35. The van der Waals surface area contributed by atoms with Crippen LogP contribution in [0.25, 0.3) is 22.5 Å². The number of oxazole rings is 1. The molecule has 0 aliphatic carbocycles. The molecule has 13 heteroatoms. The van der Waals surface area contributed by atoms with E-state index < -0.39 is 0 Å². The Balaban J connectivity index is 1.46. The number of aliphatic hydroxyl groups is 1. The Morgan fingerprint density at radius 2 is 2.00 bits per heavy atom. The van der Waals surface area contributed by atoms with E-state index in [2.05, 4.69) is 37.1 Å². The summed E-state index contributed by atoms with van der Waals surface area (Å²) in [6.45, 7) is 7.77. The first-order chi connectivity index (χ1) is 20.5. The topological polar surface area (TPSA) is 138 Å². The fraction of sp³-hybridized carbons (Fsp3) is 0.483. The van der Waals surface area contributed by atoms with Crippen molar-refractivity contribution >= 4 is 34.8 Å². The second-order valence-electron chi connectivity index (χ2n) is 10.3. The Bertz CT molecular complexity index is 1480. The minimum absolute atomic E-state index is 0.0206. The average molecular weight is 578 g/mol. The molecule has 1 fully saturated rings. The van der Waals surface area contributed by atoms with Crippen LogP contribution in [0.5, 0.6) is 0 Å². The third-order valence-corrected chi connectivity index (χ3v) is 7.29. The van der Waals surface area contributed by atoms with Crippen LogP contribution in [0.2, 0.25) is 0 Å². The van der Waals surface area contributed by atoms with Crippen LogP contribution in [0.1, 0.15) is 30.1 Å². The van der Waals surface area contributed by atoms with Crippen LogP contribution in [-0.4, -0.2) is 107 Å². The van der Waals surface area contributed by atoms with E-state index in [9.17, 15) is 9.90 Å². The molecular formula is C29H39N9O4. The Kier molecular flexibility index (Phi) is 9.62. The van der Waals surface area contributed by atoms with Crippen LogP contribution in [0.15, 0.2) is 41.1 Å². The number of fused-ring (bicyclic) bond motifs is 1. The lowest BCUT2D eigenvalue weighted by molar-refractivity contribution is 0.102. The van der Waals surface area contributed by atoms with Crippen molar-refractivity contribution in [1.82, 2.24) is 29.6 Å². The molecule has 1 aliphatic heterocycles. The summed E-state index contributed by atoms with van der Waals surface area (Å²) >= 11 is 0. The van der Waals surface area contributed by atoms with E-state index in [-0.39, 0.29) is 12.5 Å². The minimum Gasteiger partial charge on any atom is -0.422 e. The Labute approximate surface area is 245 Å². The molecule has 13 nitrogen and oxygen atoms in total. The molecule has 1 saturated heterocycles. The number of rotatable bonds is 13. The first-order valence-corrected chi connectivity index (χ1v) is 14.4. The van der Waals surface area contributed by atoms with Gasteiger partial charge in [0.1, 0.15) is 11.6 Å². The molecule has 5 heterocycles. The first kappa shape index (κ1) is 29.4. The van der Waals surface area contributed by atoms with Crippen LogP contribution in [0.4, 0.5) is 17.7 Å². The van der Waals surface area contributed by atoms with Gasteiger partial charge in [-0.2, -0.15) is 10.1 Å². The Morgan fingerprint density at radius 3 is 2.71 bits per heavy atom. The van der Waals surface area contributed by atoms with E-state index in [1.54, 1.807) is 30.1 Å². The van der Waals surface area contributed by atoms with Gasteiger partial charge < -0.3 is 29.4 Å². The number of amides is 1. The van der Waals surface area contributed by atoms with Crippen LogP contribution in [-0.2, 0) is 11.8 Å². The molecule has 4 aromatic heterocycles. The molecule has 5 rings (SSSR count). The zero-order valence-corrected chi connectivity index (χ0v) is 24.5. The Morgan fingerprint density at radius 1 is 1.17 bits per heavy atom. The molecule has 0 atom stereocenters. The van der Waals surface area contributed by atoms with E-state index in [4.69, 9.17) is 14.1 Å². The van der Waals surface area contributed by atoms with E-state index in [0.717, 1.165) is 38.0 Å². The molecule has 42 heavy (non-hydrogen) atoms. The third-order valence-electron chi connectivity index (χ3n) is 7.29. The molecule has 2 N–H and O–H groups in total. The lowest BCUT2D eigenvalue weighted by atomic mass is 10.2. The molecule has 1 aliphatic rings. The van der Waals surface area contributed by atoms with Crippen molar-refractivity contribution in [2.45, 2.75) is 19.8 Å². The summed E-state index contributed by atoms with van der Waals surface area (Å²) in [5.41, 5.74) is 2.78. The number of nitrogens with one attached hydrogen (secondary N) is 1. The van der Waals surface area contributed by atoms with Crippen molar-refractivity contribution in [3.63, 3.8) is 0 Å². The van der Waals surface area contributed by atoms with E-state index in [0.29, 0.717) is 72.9 Å². The zero-order chi connectivity index (χ0) is 29.5. The molecular weight excluding hydrogens is 538 g/mol. The van der Waals surface area contributed by atoms with Crippen molar-refractivity contribution < 1.29 is 19.1 Å². The summed E-state index contributed by atoms with van der Waals surface area (Å²) in [6, 6.07) is 7.58. The van der Waals surface area contributed by atoms with Crippen molar-refractivity contribution in [2.24, 2.45) is 7.05 Å². The number of aliphatic hydroxyl groups excluding tert-OH is 1. The highest BCUT2D eigenvalue weighted by Gasteiger charge is 2.26. The molecule has 0 saturated carbocycles. The summed E-state index contributed by atoms with van der Waals surface area (Å²) in [5.74, 6) is 0.633. The molecule has 0 aromatic carbocycles. The number of ether oxygens (including phenoxy) is 1. The average Bonchev–Trinajstić information content (AvgIpc) is 3.64. The number of methoxy groups -OCH3 is 1. The van der Waals surface area contributed by atoms with Gasteiger partial charge in [0.25, 0.3) is 11.9 Å². The number of unbranched alkanes of at least 4 members (excludes halogenated alkanes) is 1. The summed E-state index contributed by atoms with van der Waals surface area (Å²) < 4.78 is 13.1. The van der Waals surface area contributed by atoms with Gasteiger partial charge in [0.15, 0.2) is 5.58 Å². The Hall–Kier alpha value is -4.07. The van der Waals surface area contributed by atoms with Gasteiger partial charge in [0, 0.05) is 77.8 Å². The van der Waals surface area contributed by atoms with E-state index in [1.165, 1.54) is 0 Å². The lowest BCUT2D eigenvalue weighted by Crippen LogP contribution is -2.48. The van der Waals surface area contributed by atoms with E-state index in [1.807, 2.05) is 30.3 Å². The van der Waals surface area contributed by atoms with Crippen LogP contribution in [0, 0.1) is 0 Å². The quantitative estimate of drug-likeness (QED) is 0.243. The standard InChI is InChI=1S/C29H39N9O4/c1-4-5-9-38(14-16-39)29-34-26-24(42-29)18-22(27(33-26)37-12-10-36(11-13-37)15-17-41-3)28(40)32-25-8-6-7-23(31-25)21-19-30-35(2)20-21/h6-8,18-20,39H,4-5,9-17H2,1-3H3,(H,31,32,40). The summed E-state index contributed by atoms with van der Waals surface area (Å²) in [4.78, 5) is 34.3. The van der Waals surface area contributed by atoms with Crippen molar-refractivity contribution in [2.75, 3.05) is 81.3 Å². The predicted molar refractivity (Wildman–Crippen MR) is 161 cm³/mol. The maximum Gasteiger partial charge on any atom is 0.300 e. The number of hydrogen-bond donors (Lipinski definition) is 2. The van der Waals surface area contributed by atoms with Crippen LogP contribution in [0.3, 0.4) is 0 Å². The summed E-state index contributed by atoms with van der Waals surface area (Å²) in [6.07, 6.45) is 5.54. The molecule has 0 bridgehead atoms. The number of carbonyl (C=O) groups is 1. The number of nitrogens with zero attached hydrogens (tertiary/aromatic N) is 8. The molecule has 224 valence electrons. The third kappa shape index (κ3) is 6.86. The van der Waals surface area contributed by atoms with Gasteiger partial charge >= 0.3 is 0 Å². The minimum atomic E-state index is -0.340. The summed E-state index contributed by atoms with van der Waals surface area (Å²) in [7, 11) is 3.55. The first-order valence-electron chi connectivity index (χ1n) is 14.4. The number of piperazine rings is 1. The van der Waals surface area contributed by atoms with Gasteiger partial charge in [-0.25, -0.2) is 9.97 Å². The van der Waals surface area contributed by atoms with Gasteiger partial charge in [0.05, 0.1) is 30.7 Å². The van der Waals surface area contributed by atoms with Gasteiger partial charge in [0.2, 0.25) is 5.65 Å². The second kappa shape index (κ2) is 13.7. The largest absolute Gasteiger partial charge is 0.422 e. The molecule has 0 unspecified atom stereocenters. The highest BCUT2D eigenvalue weighted by Crippen LogP contribution is 2.29. The summed E-state index contributed by atoms with van der Waals surface area (Å²) in [5, 5.41) is 16.8. The number of aryl methyl sites for hydroxylation is 1. The molecule has 4 aromatic rings. The maximum absolute atomic E-state index is 13.8. The number of carbonyl (C=O) groups excluding carboxylic acids is 1. The van der Waals surface area contributed by atoms with Crippen molar-refractivity contribution in [3.05, 3.63) is 42.2 Å². The smallest absolute Gasteiger partial charge is 0.300 e. The molecule has 0 radical (unpaired) electrons.